The highest BCUT2D eigenvalue weighted by atomic mass is 32.1. The second-order valence-corrected chi connectivity index (χ2v) is 7.52. The number of fused-ring (bicyclic) bond motifs is 1. The minimum absolute atomic E-state index is 0.0359. The van der Waals surface area contributed by atoms with E-state index in [1.807, 2.05) is 22.9 Å². The third-order valence-electron chi connectivity index (χ3n) is 4.01. The molecule has 0 spiro atoms. The maximum Gasteiger partial charge on any atom is 0.226 e. The average Bonchev–Trinajstić information content (AvgIpc) is 3.33. The highest BCUT2D eigenvalue weighted by molar-refractivity contribution is 7.20. The van der Waals surface area contributed by atoms with Crippen molar-refractivity contribution < 1.29 is 4.79 Å². The Morgan fingerprint density at radius 1 is 1.29 bits per heavy atom. The van der Waals surface area contributed by atoms with E-state index in [1.165, 1.54) is 6.42 Å². The Hall–Kier alpha value is -2.06. The fourth-order valence-electron chi connectivity index (χ4n) is 2.81. The van der Waals surface area contributed by atoms with E-state index in [4.69, 9.17) is 0 Å². The maximum absolute atomic E-state index is 12.2. The van der Waals surface area contributed by atoms with E-state index >= 15 is 0 Å². The fourth-order valence-corrected chi connectivity index (χ4v) is 4.44. The molecule has 0 fully saturated rings. The van der Waals surface area contributed by atoms with E-state index in [1.54, 1.807) is 22.7 Å². The van der Waals surface area contributed by atoms with Gasteiger partial charge in [0.1, 0.15) is 10.8 Å². The molecule has 0 radical (unpaired) electrons. The number of carbonyl (C=O) groups excluding carboxylic acids is 1. The predicted octanol–water partition coefficient (Wildman–Crippen LogP) is 2.66. The first-order valence-corrected chi connectivity index (χ1v) is 9.71. The van der Waals surface area contributed by atoms with Crippen molar-refractivity contribution in [3.63, 3.8) is 0 Å². The van der Waals surface area contributed by atoms with Crippen LogP contribution in [0.15, 0.2) is 22.9 Å². The van der Waals surface area contributed by atoms with Gasteiger partial charge in [0, 0.05) is 18.3 Å². The van der Waals surface area contributed by atoms with Crippen molar-refractivity contribution >= 4 is 28.6 Å². The molecule has 1 aliphatic rings. The molecule has 0 unspecified atom stereocenters. The summed E-state index contributed by atoms with van der Waals surface area (Å²) in [5, 5.41) is 16.3. The van der Waals surface area contributed by atoms with Crippen LogP contribution < -0.4 is 5.32 Å². The first-order valence-electron chi connectivity index (χ1n) is 7.95. The van der Waals surface area contributed by atoms with Gasteiger partial charge in [0.25, 0.3) is 0 Å². The molecule has 6 nitrogen and oxygen atoms in total. The normalized spacial score (nSPS) is 13.7. The van der Waals surface area contributed by atoms with Gasteiger partial charge in [-0.05, 0) is 24.3 Å². The van der Waals surface area contributed by atoms with Crippen LogP contribution in [0.25, 0.3) is 9.88 Å². The van der Waals surface area contributed by atoms with Crippen LogP contribution in [0, 0.1) is 0 Å². The van der Waals surface area contributed by atoms with Crippen molar-refractivity contribution in [1.82, 2.24) is 25.1 Å². The molecule has 4 rings (SSSR count). The summed E-state index contributed by atoms with van der Waals surface area (Å²) >= 11 is 3.24. The Labute approximate surface area is 147 Å². The van der Waals surface area contributed by atoms with Crippen LogP contribution in [0.4, 0.5) is 0 Å². The van der Waals surface area contributed by atoms with Gasteiger partial charge in [-0.1, -0.05) is 6.07 Å². The number of rotatable bonds is 5. The summed E-state index contributed by atoms with van der Waals surface area (Å²) in [4.78, 5) is 17.9. The lowest BCUT2D eigenvalue weighted by Gasteiger charge is -2.14. The first kappa shape index (κ1) is 15.5. The van der Waals surface area contributed by atoms with E-state index in [0.29, 0.717) is 13.0 Å². The monoisotopic (exact) mass is 359 g/mol. The van der Waals surface area contributed by atoms with Crippen molar-refractivity contribution in [2.75, 3.05) is 0 Å². The van der Waals surface area contributed by atoms with E-state index in [2.05, 4.69) is 25.1 Å². The molecular formula is C16H17N5OS2. The van der Waals surface area contributed by atoms with Gasteiger partial charge in [-0.2, -0.15) is 0 Å². The molecule has 0 bridgehead atoms. The lowest BCUT2D eigenvalue weighted by atomic mass is 10.2. The zero-order chi connectivity index (χ0) is 16.4. The highest BCUT2D eigenvalue weighted by Gasteiger charge is 2.16. The maximum atomic E-state index is 12.2. The Balaban J connectivity index is 1.35. The number of thiazole rings is 1. The average molecular weight is 359 g/mol. The Bertz CT molecular complexity index is 837. The lowest BCUT2D eigenvalue weighted by molar-refractivity contribution is -0.120. The number of hydrogen-bond donors (Lipinski definition) is 1. The molecule has 1 amide bonds. The number of nitrogens with one attached hydrogen (secondary N) is 1. The summed E-state index contributed by atoms with van der Waals surface area (Å²) in [5.74, 6) is 1.84. The fraction of sp³-hybridized carbons (Fsp3) is 0.375. The summed E-state index contributed by atoms with van der Waals surface area (Å²) in [6, 6.07) is 4.05. The molecular weight excluding hydrogens is 342 g/mol. The summed E-state index contributed by atoms with van der Waals surface area (Å²) in [6.07, 6.45) is 3.59. The van der Waals surface area contributed by atoms with Crippen LogP contribution >= 0.6 is 22.7 Å². The Kier molecular flexibility index (Phi) is 4.40. The number of aromatic nitrogens is 4. The molecule has 124 valence electrons. The molecule has 0 aromatic carbocycles. The quantitative estimate of drug-likeness (QED) is 0.760. The standard InChI is InChI=1S/C16H17N5OS2/c22-15(8-11-10-24-16(18-11)12-4-3-7-23-12)17-9-14-20-19-13-5-1-2-6-21(13)14/h3-4,7,10H,1-2,5-6,8-9H2,(H,17,22). The highest BCUT2D eigenvalue weighted by Crippen LogP contribution is 2.27. The molecule has 1 N–H and O–H groups in total. The number of amides is 1. The minimum atomic E-state index is -0.0359. The van der Waals surface area contributed by atoms with Gasteiger partial charge < -0.3 is 9.88 Å². The topological polar surface area (TPSA) is 72.7 Å². The second-order valence-electron chi connectivity index (χ2n) is 5.72. The van der Waals surface area contributed by atoms with Crippen LogP contribution in [0.2, 0.25) is 0 Å². The number of hydrogen-bond acceptors (Lipinski definition) is 6. The number of aryl methyl sites for hydroxylation is 1. The van der Waals surface area contributed by atoms with Crippen LogP contribution in [-0.4, -0.2) is 25.7 Å². The molecule has 24 heavy (non-hydrogen) atoms. The number of thiophene rings is 1. The van der Waals surface area contributed by atoms with Gasteiger partial charge >= 0.3 is 0 Å². The molecule has 4 heterocycles. The van der Waals surface area contributed by atoms with E-state index in [0.717, 1.165) is 46.6 Å². The largest absolute Gasteiger partial charge is 0.348 e. The van der Waals surface area contributed by atoms with Crippen LogP contribution in [0.5, 0.6) is 0 Å². The molecule has 0 saturated carbocycles. The SMILES string of the molecule is O=C(Cc1csc(-c2cccs2)n1)NCc1nnc2n1CCCC2. The lowest BCUT2D eigenvalue weighted by Crippen LogP contribution is -2.27. The smallest absolute Gasteiger partial charge is 0.226 e. The van der Waals surface area contributed by atoms with Crippen LogP contribution in [-0.2, 0) is 30.7 Å². The molecule has 0 aliphatic carbocycles. The Morgan fingerprint density at radius 3 is 3.12 bits per heavy atom. The Morgan fingerprint density at radius 2 is 2.25 bits per heavy atom. The zero-order valence-corrected chi connectivity index (χ0v) is 14.7. The number of carbonyl (C=O) groups is 1. The first-order chi connectivity index (χ1) is 11.8. The zero-order valence-electron chi connectivity index (χ0n) is 13.1. The second kappa shape index (κ2) is 6.82. The molecule has 0 saturated heterocycles. The molecule has 1 aliphatic heterocycles. The van der Waals surface area contributed by atoms with Gasteiger partial charge in [-0.3, -0.25) is 4.79 Å². The summed E-state index contributed by atoms with van der Waals surface area (Å²) in [6.45, 7) is 1.37. The van der Waals surface area contributed by atoms with Crippen LogP contribution in [0.1, 0.15) is 30.2 Å². The van der Waals surface area contributed by atoms with Crippen LogP contribution in [0.3, 0.4) is 0 Å². The third-order valence-corrected chi connectivity index (χ3v) is 5.94. The van der Waals surface area contributed by atoms with Gasteiger partial charge in [0.2, 0.25) is 5.91 Å². The van der Waals surface area contributed by atoms with Gasteiger partial charge in [-0.15, -0.1) is 32.9 Å². The van der Waals surface area contributed by atoms with Crippen molar-refractivity contribution in [3.05, 3.63) is 40.2 Å². The van der Waals surface area contributed by atoms with Gasteiger partial charge in [0.15, 0.2) is 5.82 Å². The van der Waals surface area contributed by atoms with Crippen molar-refractivity contribution in [1.29, 1.82) is 0 Å². The van der Waals surface area contributed by atoms with E-state index in [9.17, 15) is 4.79 Å². The minimum Gasteiger partial charge on any atom is -0.348 e. The molecule has 3 aromatic rings. The summed E-state index contributed by atoms with van der Waals surface area (Å²) in [7, 11) is 0. The van der Waals surface area contributed by atoms with E-state index < -0.39 is 0 Å². The van der Waals surface area contributed by atoms with Crippen molar-refractivity contribution in [3.8, 4) is 9.88 Å². The van der Waals surface area contributed by atoms with Gasteiger partial charge in [0.05, 0.1) is 23.5 Å². The third kappa shape index (κ3) is 3.25. The molecule has 8 heteroatoms. The molecule has 0 atom stereocenters. The number of nitrogens with zero attached hydrogens (tertiary/aromatic N) is 4. The molecule has 3 aromatic heterocycles. The summed E-state index contributed by atoms with van der Waals surface area (Å²) in [5.41, 5.74) is 0.809. The van der Waals surface area contributed by atoms with E-state index in [-0.39, 0.29) is 5.91 Å². The summed E-state index contributed by atoms with van der Waals surface area (Å²) < 4.78 is 2.13. The predicted molar refractivity (Wildman–Crippen MR) is 93.9 cm³/mol. The van der Waals surface area contributed by atoms with Crippen molar-refractivity contribution in [2.24, 2.45) is 0 Å². The van der Waals surface area contributed by atoms with Gasteiger partial charge in [-0.25, -0.2) is 4.98 Å². The van der Waals surface area contributed by atoms with Crippen molar-refractivity contribution in [2.45, 2.75) is 38.8 Å².